The molecule has 0 spiro atoms. The van der Waals surface area contributed by atoms with Crippen LogP contribution in [0.5, 0.6) is 0 Å². The van der Waals surface area contributed by atoms with Crippen LogP contribution in [0.2, 0.25) is 0 Å². The monoisotopic (exact) mass is 436 g/mol. The number of benzene rings is 3. The predicted octanol–water partition coefficient (Wildman–Crippen LogP) is 6.27. The van der Waals surface area contributed by atoms with E-state index in [4.69, 9.17) is 0 Å². The van der Waals surface area contributed by atoms with Gasteiger partial charge in [0.05, 0.1) is 6.42 Å². The number of carbonyl (C=O) groups is 1. The Morgan fingerprint density at radius 2 is 1.58 bits per heavy atom. The smallest absolute Gasteiger partial charge is 0.228 e. The zero-order valence-corrected chi connectivity index (χ0v) is 19.4. The van der Waals surface area contributed by atoms with Crippen LogP contribution in [0.1, 0.15) is 41.5 Å². The average molecular weight is 437 g/mol. The Labute approximate surface area is 197 Å². The van der Waals surface area contributed by atoms with Gasteiger partial charge in [0.15, 0.2) is 0 Å². The van der Waals surface area contributed by atoms with E-state index in [0.717, 1.165) is 30.6 Å². The lowest BCUT2D eigenvalue weighted by molar-refractivity contribution is -0.115. The fraction of sp³-hybridized carbons (Fsp3) is 0.300. The first-order chi connectivity index (χ1) is 16.1. The van der Waals surface area contributed by atoms with Gasteiger partial charge in [-0.15, -0.1) is 0 Å². The van der Waals surface area contributed by atoms with Crippen LogP contribution >= 0.6 is 0 Å². The molecule has 1 heterocycles. The SMILES string of the molecule is Cc1ccc(-c2ccc(CC(=O)Nc3ccc4c(c3)CCC(CN3CCCC3)=C4)cc2)cc1. The van der Waals surface area contributed by atoms with Gasteiger partial charge >= 0.3 is 0 Å². The summed E-state index contributed by atoms with van der Waals surface area (Å²) in [5.41, 5.74) is 9.72. The molecule has 1 amide bonds. The average Bonchev–Trinajstić information content (AvgIpc) is 3.33. The summed E-state index contributed by atoms with van der Waals surface area (Å²) in [6.45, 7) is 5.69. The first-order valence-electron chi connectivity index (χ1n) is 12.1. The second-order valence-electron chi connectivity index (χ2n) is 9.49. The van der Waals surface area contributed by atoms with Crippen molar-refractivity contribution < 1.29 is 4.79 Å². The van der Waals surface area contributed by atoms with E-state index in [1.807, 2.05) is 18.2 Å². The molecule has 2 aliphatic rings. The van der Waals surface area contributed by atoms with Crippen molar-refractivity contribution in [3.05, 3.63) is 94.6 Å². The van der Waals surface area contributed by atoms with Crippen molar-refractivity contribution in [1.82, 2.24) is 4.90 Å². The van der Waals surface area contributed by atoms with Gasteiger partial charge in [-0.1, -0.05) is 71.8 Å². The van der Waals surface area contributed by atoms with Gasteiger partial charge in [-0.2, -0.15) is 0 Å². The summed E-state index contributed by atoms with van der Waals surface area (Å²) in [4.78, 5) is 15.2. The summed E-state index contributed by atoms with van der Waals surface area (Å²) in [5, 5.41) is 3.10. The molecule has 168 valence electrons. The first-order valence-corrected chi connectivity index (χ1v) is 12.1. The Hall–Kier alpha value is -3.17. The van der Waals surface area contributed by atoms with Crippen molar-refractivity contribution in [3.63, 3.8) is 0 Å². The van der Waals surface area contributed by atoms with E-state index < -0.39 is 0 Å². The van der Waals surface area contributed by atoms with Gasteiger partial charge in [-0.3, -0.25) is 9.69 Å². The van der Waals surface area contributed by atoms with Gasteiger partial charge in [-0.25, -0.2) is 0 Å². The highest BCUT2D eigenvalue weighted by Gasteiger charge is 2.17. The molecule has 0 saturated carbocycles. The van der Waals surface area contributed by atoms with Crippen molar-refractivity contribution in [2.45, 2.75) is 39.0 Å². The van der Waals surface area contributed by atoms with E-state index >= 15 is 0 Å². The highest BCUT2D eigenvalue weighted by atomic mass is 16.1. The lowest BCUT2D eigenvalue weighted by atomic mass is 9.91. The van der Waals surface area contributed by atoms with Gasteiger partial charge in [0.25, 0.3) is 0 Å². The minimum absolute atomic E-state index is 0.0270. The normalized spacial score (nSPS) is 15.7. The zero-order chi connectivity index (χ0) is 22.6. The Balaban J connectivity index is 1.19. The standard InChI is InChI=1S/C30H32N2O/c1-22-4-9-25(10-5-22)26-11-6-23(7-12-26)19-30(33)31-29-15-14-27-18-24(8-13-28(27)20-29)21-32-16-2-3-17-32/h4-7,9-12,14-15,18,20H,2-3,8,13,16-17,19,21H2,1H3,(H,31,33). The van der Waals surface area contributed by atoms with E-state index in [9.17, 15) is 4.79 Å². The fourth-order valence-corrected chi connectivity index (χ4v) is 4.93. The molecule has 5 rings (SSSR count). The number of nitrogens with one attached hydrogen (secondary N) is 1. The second kappa shape index (κ2) is 9.76. The number of amides is 1. The summed E-state index contributed by atoms with van der Waals surface area (Å²) in [6, 6.07) is 23.2. The van der Waals surface area contributed by atoms with E-state index in [-0.39, 0.29) is 5.91 Å². The molecular formula is C30H32N2O. The third kappa shape index (κ3) is 5.43. The number of likely N-dealkylation sites (tertiary alicyclic amines) is 1. The molecule has 3 aromatic carbocycles. The summed E-state index contributed by atoms with van der Waals surface area (Å²) in [5.74, 6) is 0.0270. The summed E-state index contributed by atoms with van der Waals surface area (Å²) < 4.78 is 0. The van der Waals surface area contributed by atoms with E-state index in [1.165, 1.54) is 59.3 Å². The molecule has 0 radical (unpaired) electrons. The van der Waals surface area contributed by atoms with Crippen LogP contribution in [-0.4, -0.2) is 30.4 Å². The van der Waals surface area contributed by atoms with Crippen LogP contribution < -0.4 is 5.32 Å². The summed E-state index contributed by atoms with van der Waals surface area (Å²) >= 11 is 0. The largest absolute Gasteiger partial charge is 0.326 e. The van der Waals surface area contributed by atoms with Crippen molar-refractivity contribution in [3.8, 4) is 11.1 Å². The van der Waals surface area contributed by atoms with Gasteiger partial charge < -0.3 is 5.32 Å². The van der Waals surface area contributed by atoms with Gasteiger partial charge in [0, 0.05) is 12.2 Å². The molecule has 1 fully saturated rings. The molecule has 3 heteroatoms. The van der Waals surface area contributed by atoms with Crippen LogP contribution in [0.4, 0.5) is 5.69 Å². The maximum atomic E-state index is 12.7. The number of hydrogen-bond acceptors (Lipinski definition) is 2. The van der Waals surface area contributed by atoms with Crippen LogP contribution in [0.3, 0.4) is 0 Å². The van der Waals surface area contributed by atoms with Crippen molar-refractivity contribution >= 4 is 17.7 Å². The Bertz CT molecular complexity index is 1150. The molecule has 0 atom stereocenters. The lowest BCUT2D eigenvalue weighted by Crippen LogP contribution is -2.23. The zero-order valence-electron chi connectivity index (χ0n) is 19.4. The number of hydrogen-bond donors (Lipinski definition) is 1. The first kappa shape index (κ1) is 21.7. The van der Waals surface area contributed by atoms with Crippen LogP contribution in [0, 0.1) is 6.92 Å². The topological polar surface area (TPSA) is 32.3 Å². The Morgan fingerprint density at radius 1 is 0.879 bits per heavy atom. The Morgan fingerprint density at radius 3 is 2.30 bits per heavy atom. The van der Waals surface area contributed by atoms with E-state index in [1.54, 1.807) is 0 Å². The third-order valence-electron chi connectivity index (χ3n) is 6.83. The highest BCUT2D eigenvalue weighted by molar-refractivity contribution is 5.92. The van der Waals surface area contributed by atoms with Crippen molar-refractivity contribution in [2.75, 3.05) is 25.0 Å². The molecule has 0 aromatic heterocycles. The number of carbonyl (C=O) groups excluding carboxylic acids is 1. The van der Waals surface area contributed by atoms with Crippen LogP contribution in [-0.2, 0) is 17.6 Å². The summed E-state index contributed by atoms with van der Waals surface area (Å²) in [7, 11) is 0. The minimum atomic E-state index is 0.0270. The number of fused-ring (bicyclic) bond motifs is 1. The molecule has 3 aromatic rings. The van der Waals surface area contributed by atoms with Crippen LogP contribution in [0.25, 0.3) is 17.2 Å². The maximum Gasteiger partial charge on any atom is 0.228 e. The van der Waals surface area contributed by atoms with Gasteiger partial charge in [0.1, 0.15) is 0 Å². The molecule has 0 bridgehead atoms. The molecule has 1 N–H and O–H groups in total. The number of anilines is 1. The third-order valence-corrected chi connectivity index (χ3v) is 6.83. The number of nitrogens with zero attached hydrogens (tertiary/aromatic N) is 1. The number of aryl methyl sites for hydroxylation is 2. The molecule has 1 saturated heterocycles. The number of rotatable bonds is 6. The minimum Gasteiger partial charge on any atom is -0.326 e. The molecular weight excluding hydrogens is 404 g/mol. The second-order valence-corrected chi connectivity index (χ2v) is 9.49. The van der Waals surface area contributed by atoms with Gasteiger partial charge in [-0.05, 0) is 85.6 Å². The Kier molecular flexibility index (Phi) is 6.41. The van der Waals surface area contributed by atoms with E-state index in [0.29, 0.717) is 6.42 Å². The van der Waals surface area contributed by atoms with Crippen molar-refractivity contribution in [2.24, 2.45) is 0 Å². The lowest BCUT2D eigenvalue weighted by Gasteiger charge is -2.22. The van der Waals surface area contributed by atoms with Crippen LogP contribution in [0.15, 0.2) is 72.3 Å². The fourth-order valence-electron chi connectivity index (χ4n) is 4.93. The maximum absolute atomic E-state index is 12.7. The molecule has 1 aliphatic carbocycles. The quantitative estimate of drug-likeness (QED) is 0.494. The van der Waals surface area contributed by atoms with Gasteiger partial charge in [0.2, 0.25) is 5.91 Å². The predicted molar refractivity (Wildman–Crippen MR) is 137 cm³/mol. The molecule has 0 unspecified atom stereocenters. The highest BCUT2D eigenvalue weighted by Crippen LogP contribution is 2.28. The molecule has 3 nitrogen and oxygen atoms in total. The van der Waals surface area contributed by atoms with E-state index in [2.05, 4.69) is 71.7 Å². The molecule has 1 aliphatic heterocycles. The van der Waals surface area contributed by atoms with Crippen molar-refractivity contribution in [1.29, 1.82) is 0 Å². The molecule has 33 heavy (non-hydrogen) atoms. The summed E-state index contributed by atoms with van der Waals surface area (Å²) in [6.07, 6.45) is 7.59.